The summed E-state index contributed by atoms with van der Waals surface area (Å²) in [5, 5.41) is 25.3. The second kappa shape index (κ2) is 16.9. The van der Waals surface area contributed by atoms with E-state index in [9.17, 15) is 24.0 Å². The molecule has 0 rings (SSSR count). The minimum absolute atomic E-state index is 0.143. The van der Waals surface area contributed by atoms with Gasteiger partial charge in [-0.2, -0.15) is 36.2 Å². The van der Waals surface area contributed by atoms with Crippen molar-refractivity contribution in [3.05, 3.63) is 0 Å². The smallest absolute Gasteiger partial charge is 0.327 e. The summed E-state index contributed by atoms with van der Waals surface area (Å²) in [6.07, 6.45) is 3.64. The van der Waals surface area contributed by atoms with Gasteiger partial charge in [-0.25, -0.2) is 4.79 Å². The van der Waals surface area contributed by atoms with Crippen LogP contribution in [0, 0.1) is 0 Å². The highest BCUT2D eigenvalue weighted by atomic mass is 32.2. The van der Waals surface area contributed by atoms with Crippen LogP contribution in [0.25, 0.3) is 0 Å². The maximum absolute atomic E-state index is 12.8. The summed E-state index contributed by atoms with van der Waals surface area (Å²) in [4.78, 5) is 59.8. The van der Waals surface area contributed by atoms with Gasteiger partial charge in [0.1, 0.15) is 18.1 Å². The van der Waals surface area contributed by atoms with E-state index in [1.54, 1.807) is 6.26 Å². The summed E-state index contributed by atoms with van der Waals surface area (Å²) in [6.45, 7) is 0. The third-order valence-corrected chi connectivity index (χ3v) is 5.94. The van der Waals surface area contributed by atoms with Gasteiger partial charge < -0.3 is 31.9 Å². The first-order valence-electron chi connectivity index (χ1n) is 9.77. The fourth-order valence-electron chi connectivity index (χ4n) is 2.43. The van der Waals surface area contributed by atoms with Crippen LogP contribution in [0.4, 0.5) is 0 Å². The third-order valence-electron chi connectivity index (χ3n) is 4.29. The van der Waals surface area contributed by atoms with Crippen molar-refractivity contribution in [1.82, 2.24) is 16.0 Å². The zero-order valence-electron chi connectivity index (χ0n) is 18.0. The number of rotatable bonds is 17. The molecule has 4 unspecified atom stereocenters. The van der Waals surface area contributed by atoms with Crippen LogP contribution >= 0.6 is 36.2 Å². The minimum atomic E-state index is -1.27. The molecule has 7 N–H and O–H groups in total. The van der Waals surface area contributed by atoms with Crippen LogP contribution in [-0.4, -0.2) is 93.8 Å². The number of hydrogen-bond acceptors (Lipinski definition) is 9. The molecule has 0 aromatic carbocycles. The molecule has 0 bridgehead atoms. The molecule has 0 aromatic rings. The van der Waals surface area contributed by atoms with Gasteiger partial charge in [0.2, 0.25) is 17.7 Å². The molecule has 0 aromatic heterocycles. The van der Waals surface area contributed by atoms with Gasteiger partial charge >= 0.3 is 11.9 Å². The maximum atomic E-state index is 12.8. The van der Waals surface area contributed by atoms with E-state index >= 15 is 0 Å². The van der Waals surface area contributed by atoms with Gasteiger partial charge in [0, 0.05) is 12.2 Å². The topological polar surface area (TPSA) is 188 Å². The Morgan fingerprint density at radius 1 is 0.812 bits per heavy atom. The summed E-state index contributed by atoms with van der Waals surface area (Å²) in [7, 11) is 0. The molecule has 14 heteroatoms. The Bertz CT molecular complexity index is 654. The summed E-state index contributed by atoms with van der Waals surface area (Å²) in [5.41, 5.74) is 5.82. The maximum Gasteiger partial charge on any atom is 0.327 e. The zero-order chi connectivity index (χ0) is 24.7. The van der Waals surface area contributed by atoms with Crippen molar-refractivity contribution in [2.45, 2.75) is 49.9 Å². The second-order valence-corrected chi connectivity index (χ2v) is 9.14. The number of thioether (sulfide) groups is 2. The Hall–Kier alpha value is -1.64. The van der Waals surface area contributed by atoms with Crippen LogP contribution in [0.3, 0.4) is 0 Å². The fraction of sp³-hybridized carbons (Fsp3) is 0.722. The first-order chi connectivity index (χ1) is 15.1. The summed E-state index contributed by atoms with van der Waals surface area (Å²) in [5.74, 6) is -3.51. The Kier molecular flexibility index (Phi) is 16.1. The quantitative estimate of drug-likeness (QED) is 0.121. The number of hydrogen-bond donors (Lipinski definition) is 7. The van der Waals surface area contributed by atoms with Gasteiger partial charge in [-0.3, -0.25) is 19.2 Å². The molecular formula is C18H32N4O7S3. The van der Waals surface area contributed by atoms with Gasteiger partial charge in [0.15, 0.2) is 0 Å². The van der Waals surface area contributed by atoms with E-state index in [0.717, 1.165) is 0 Å². The molecule has 184 valence electrons. The Morgan fingerprint density at radius 3 is 1.75 bits per heavy atom. The largest absolute Gasteiger partial charge is 0.481 e. The number of carboxylic acid groups (broad SMARTS) is 2. The lowest BCUT2D eigenvalue weighted by molar-refractivity contribution is -0.141. The molecule has 0 aliphatic rings. The van der Waals surface area contributed by atoms with Crippen molar-refractivity contribution in [1.29, 1.82) is 0 Å². The number of nitrogens with one attached hydrogen (secondary N) is 3. The van der Waals surface area contributed by atoms with Crippen molar-refractivity contribution in [2.75, 3.05) is 29.8 Å². The number of amides is 3. The number of carboxylic acids is 2. The molecule has 11 nitrogen and oxygen atoms in total. The number of thiol groups is 1. The van der Waals surface area contributed by atoms with Gasteiger partial charge in [0.25, 0.3) is 0 Å². The first kappa shape index (κ1) is 30.4. The average Bonchev–Trinajstić information content (AvgIpc) is 2.74. The standard InChI is InChI=1S/C18H32N4O7S3/c1-31-7-5-10(19)15(25)20-11(3-4-14(23)24)16(26)21-12(6-8-32-2)17(27)22-13(9-30)18(28)29/h10-13,30H,3-9,19H2,1-2H3,(H,20,25)(H,21,26)(H,22,27)(H,23,24)(H,28,29). The highest BCUT2D eigenvalue weighted by molar-refractivity contribution is 7.98. The summed E-state index contributed by atoms with van der Waals surface area (Å²) < 4.78 is 0. The number of carbonyl (C=O) groups excluding carboxylic acids is 3. The lowest BCUT2D eigenvalue weighted by atomic mass is 10.1. The number of aliphatic carboxylic acids is 2. The molecule has 0 radical (unpaired) electrons. The second-order valence-electron chi connectivity index (χ2n) is 6.81. The number of nitrogens with two attached hydrogens (primary N) is 1. The Labute approximate surface area is 201 Å². The Morgan fingerprint density at radius 2 is 1.28 bits per heavy atom. The molecule has 3 amide bonds. The van der Waals surface area contributed by atoms with Crippen molar-refractivity contribution in [3.63, 3.8) is 0 Å². The van der Waals surface area contributed by atoms with Crippen molar-refractivity contribution < 1.29 is 34.2 Å². The molecule has 0 fully saturated rings. The highest BCUT2D eigenvalue weighted by Crippen LogP contribution is 2.06. The van der Waals surface area contributed by atoms with Crippen molar-refractivity contribution in [3.8, 4) is 0 Å². The SMILES string of the molecule is CSCCC(N)C(=O)NC(CCC(=O)O)C(=O)NC(CCSC)C(=O)NC(CS)C(=O)O. The minimum Gasteiger partial charge on any atom is -0.481 e. The molecule has 4 atom stereocenters. The molecule has 0 aliphatic carbocycles. The first-order valence-corrected chi connectivity index (χ1v) is 13.2. The van der Waals surface area contributed by atoms with Gasteiger partial charge in [-0.05, 0) is 43.3 Å². The van der Waals surface area contributed by atoms with Gasteiger partial charge in [-0.15, -0.1) is 0 Å². The fourth-order valence-corrected chi connectivity index (χ4v) is 3.63. The molecule has 0 aliphatic heterocycles. The van der Waals surface area contributed by atoms with E-state index in [0.29, 0.717) is 17.9 Å². The monoisotopic (exact) mass is 512 g/mol. The van der Waals surface area contributed by atoms with Crippen LogP contribution in [0.1, 0.15) is 25.7 Å². The molecular weight excluding hydrogens is 480 g/mol. The third kappa shape index (κ3) is 12.4. The molecule has 0 saturated heterocycles. The molecule has 0 spiro atoms. The van der Waals surface area contributed by atoms with E-state index in [4.69, 9.17) is 15.9 Å². The van der Waals surface area contributed by atoms with E-state index in [1.807, 2.05) is 6.26 Å². The van der Waals surface area contributed by atoms with E-state index in [-0.39, 0.29) is 25.0 Å². The van der Waals surface area contributed by atoms with Crippen molar-refractivity contribution >= 4 is 65.8 Å². The average molecular weight is 513 g/mol. The van der Waals surface area contributed by atoms with Crippen LogP contribution < -0.4 is 21.7 Å². The normalized spacial score (nSPS) is 14.5. The molecule has 32 heavy (non-hydrogen) atoms. The van der Waals surface area contributed by atoms with Crippen molar-refractivity contribution in [2.24, 2.45) is 5.73 Å². The Balaban J connectivity index is 5.38. The highest BCUT2D eigenvalue weighted by Gasteiger charge is 2.30. The zero-order valence-corrected chi connectivity index (χ0v) is 20.6. The lowest BCUT2D eigenvalue weighted by Crippen LogP contribution is -2.57. The lowest BCUT2D eigenvalue weighted by Gasteiger charge is -2.24. The van der Waals surface area contributed by atoms with Crippen LogP contribution in [0.2, 0.25) is 0 Å². The van der Waals surface area contributed by atoms with Crippen LogP contribution in [0.5, 0.6) is 0 Å². The molecule has 0 saturated carbocycles. The molecule has 0 heterocycles. The number of carbonyl (C=O) groups is 5. The van der Waals surface area contributed by atoms with E-state index in [2.05, 4.69) is 28.6 Å². The van der Waals surface area contributed by atoms with Crippen LogP contribution in [-0.2, 0) is 24.0 Å². The predicted molar refractivity (Wildman–Crippen MR) is 128 cm³/mol. The van der Waals surface area contributed by atoms with Gasteiger partial charge in [-0.1, -0.05) is 0 Å². The van der Waals surface area contributed by atoms with Crippen LogP contribution in [0.15, 0.2) is 0 Å². The summed E-state index contributed by atoms with van der Waals surface area (Å²) in [6, 6.07) is -4.41. The van der Waals surface area contributed by atoms with E-state index < -0.39 is 53.8 Å². The van der Waals surface area contributed by atoms with E-state index in [1.165, 1.54) is 23.5 Å². The van der Waals surface area contributed by atoms with Gasteiger partial charge in [0.05, 0.1) is 6.04 Å². The summed E-state index contributed by atoms with van der Waals surface area (Å²) >= 11 is 6.82. The predicted octanol–water partition coefficient (Wildman–Crippen LogP) is -0.846.